The summed E-state index contributed by atoms with van der Waals surface area (Å²) in [7, 11) is 0. The second-order valence-corrected chi connectivity index (χ2v) is 3.17. The minimum atomic E-state index is 0.717. The molecule has 0 fully saturated rings. The largest absolute Gasteiger partial charge is 0.385 e. The first-order valence-corrected chi connectivity index (χ1v) is 5.37. The summed E-state index contributed by atoms with van der Waals surface area (Å²) in [5.41, 5.74) is 2.82. The third-order valence-electron chi connectivity index (χ3n) is 2.31. The maximum absolute atomic E-state index is 3.36. The molecule has 1 N–H and O–H groups in total. The van der Waals surface area contributed by atoms with Gasteiger partial charge in [-0.1, -0.05) is 26.8 Å². The minimum Gasteiger partial charge on any atom is -0.385 e. The van der Waals surface area contributed by atoms with Gasteiger partial charge in [-0.2, -0.15) is 0 Å². The van der Waals surface area contributed by atoms with Crippen LogP contribution in [0.25, 0.3) is 0 Å². The fraction of sp³-hybridized carbons (Fsp3) is 0.667. The molecule has 0 heterocycles. The van der Waals surface area contributed by atoms with Gasteiger partial charge in [0.05, 0.1) is 0 Å². The molecule has 0 bridgehead atoms. The summed E-state index contributed by atoms with van der Waals surface area (Å²) < 4.78 is 0. The van der Waals surface area contributed by atoms with Crippen molar-refractivity contribution in [3.63, 3.8) is 0 Å². The Balaban J connectivity index is 0.000000671. The first kappa shape index (κ1) is 12.3. The number of allylic oxidation sites excluding steroid dienone is 3. The first-order chi connectivity index (χ1) is 6.25. The van der Waals surface area contributed by atoms with E-state index in [1.165, 1.54) is 17.7 Å². The van der Waals surface area contributed by atoms with Crippen LogP contribution < -0.4 is 5.32 Å². The van der Waals surface area contributed by atoms with Gasteiger partial charge in [-0.3, -0.25) is 0 Å². The van der Waals surface area contributed by atoms with Crippen molar-refractivity contribution in [2.24, 2.45) is 5.92 Å². The van der Waals surface area contributed by atoms with E-state index in [-0.39, 0.29) is 0 Å². The van der Waals surface area contributed by atoms with E-state index in [1.54, 1.807) is 0 Å². The van der Waals surface area contributed by atoms with Crippen molar-refractivity contribution in [2.45, 2.75) is 41.0 Å². The molecule has 1 unspecified atom stereocenters. The molecule has 1 aliphatic rings. The van der Waals surface area contributed by atoms with Crippen LogP contribution in [0.15, 0.2) is 23.4 Å². The van der Waals surface area contributed by atoms with Crippen LogP contribution in [-0.4, -0.2) is 6.54 Å². The Hall–Kier alpha value is -0.720. The van der Waals surface area contributed by atoms with Gasteiger partial charge < -0.3 is 5.32 Å². The van der Waals surface area contributed by atoms with Crippen LogP contribution in [0.2, 0.25) is 0 Å². The fourth-order valence-electron chi connectivity index (χ4n) is 1.35. The molecule has 1 atom stereocenters. The van der Waals surface area contributed by atoms with E-state index < -0.39 is 0 Å². The third kappa shape index (κ3) is 3.67. The van der Waals surface area contributed by atoms with E-state index in [2.05, 4.69) is 38.2 Å². The number of likely N-dealkylation sites (N-methyl/N-ethyl adjacent to an activating group) is 1. The number of rotatable bonds is 2. The highest BCUT2D eigenvalue weighted by Gasteiger charge is 2.10. The number of hydrogen-bond acceptors (Lipinski definition) is 1. The predicted molar refractivity (Wildman–Crippen MR) is 60.6 cm³/mol. The van der Waals surface area contributed by atoms with Gasteiger partial charge in [0.2, 0.25) is 0 Å². The lowest BCUT2D eigenvalue weighted by atomic mass is 9.93. The molecule has 13 heavy (non-hydrogen) atoms. The zero-order valence-corrected chi connectivity index (χ0v) is 9.65. The lowest BCUT2D eigenvalue weighted by Crippen LogP contribution is -2.16. The van der Waals surface area contributed by atoms with Crippen molar-refractivity contribution >= 4 is 0 Å². The van der Waals surface area contributed by atoms with Gasteiger partial charge in [0, 0.05) is 12.2 Å². The standard InChI is InChI=1S/C10H17N.C2H6/c1-4-11-10-7-5-6-8(2)9(10)3;1-2/h5,7-8,11H,4,6H2,1-3H3;1-2H3. The summed E-state index contributed by atoms with van der Waals surface area (Å²) in [5.74, 6) is 0.717. The first-order valence-electron chi connectivity index (χ1n) is 5.37. The molecule has 76 valence electrons. The maximum Gasteiger partial charge on any atom is 0.0328 e. The number of nitrogens with one attached hydrogen (secondary N) is 1. The monoisotopic (exact) mass is 181 g/mol. The molecule has 0 spiro atoms. The number of hydrogen-bond donors (Lipinski definition) is 1. The molecule has 1 heteroatoms. The molecule has 0 radical (unpaired) electrons. The Morgan fingerprint density at radius 2 is 2.08 bits per heavy atom. The van der Waals surface area contributed by atoms with Crippen LogP contribution >= 0.6 is 0 Å². The van der Waals surface area contributed by atoms with Gasteiger partial charge in [-0.15, -0.1) is 0 Å². The van der Waals surface area contributed by atoms with Crippen LogP contribution in [0, 0.1) is 5.92 Å². The normalized spacial score (nSPS) is 20.8. The summed E-state index contributed by atoms with van der Waals surface area (Å²) in [5, 5.41) is 3.36. The topological polar surface area (TPSA) is 12.0 Å². The van der Waals surface area contributed by atoms with Crippen molar-refractivity contribution in [1.82, 2.24) is 5.32 Å². The highest BCUT2D eigenvalue weighted by atomic mass is 14.9. The zero-order valence-electron chi connectivity index (χ0n) is 9.65. The molecule has 1 nitrogen and oxygen atoms in total. The molecule has 0 aliphatic heterocycles. The Bertz CT molecular complexity index is 189. The van der Waals surface area contributed by atoms with Gasteiger partial charge in [-0.25, -0.2) is 0 Å². The molecular weight excluding hydrogens is 158 g/mol. The maximum atomic E-state index is 3.36. The van der Waals surface area contributed by atoms with E-state index in [1.807, 2.05) is 13.8 Å². The van der Waals surface area contributed by atoms with Crippen molar-refractivity contribution in [2.75, 3.05) is 6.54 Å². The van der Waals surface area contributed by atoms with Crippen molar-refractivity contribution in [1.29, 1.82) is 0 Å². The lowest BCUT2D eigenvalue weighted by Gasteiger charge is -2.19. The van der Waals surface area contributed by atoms with Crippen LogP contribution in [0.4, 0.5) is 0 Å². The quantitative estimate of drug-likeness (QED) is 0.687. The van der Waals surface area contributed by atoms with Crippen LogP contribution in [-0.2, 0) is 0 Å². The molecule has 0 aromatic heterocycles. The predicted octanol–water partition coefficient (Wildman–Crippen LogP) is 3.49. The van der Waals surface area contributed by atoms with Crippen molar-refractivity contribution in [3.05, 3.63) is 23.4 Å². The highest BCUT2D eigenvalue weighted by molar-refractivity contribution is 5.28. The Labute approximate surface area is 82.9 Å². The smallest absolute Gasteiger partial charge is 0.0328 e. The third-order valence-corrected chi connectivity index (χ3v) is 2.31. The molecule has 1 rings (SSSR count). The summed E-state index contributed by atoms with van der Waals surface area (Å²) in [6.07, 6.45) is 5.63. The van der Waals surface area contributed by atoms with Crippen molar-refractivity contribution < 1.29 is 0 Å². The molecule has 1 aliphatic carbocycles. The summed E-state index contributed by atoms with van der Waals surface area (Å²) in [6, 6.07) is 0. The Kier molecular flexibility index (Phi) is 6.38. The SMILES string of the molecule is CC.CCNC1=C(C)C(C)CC=C1. The molecular formula is C12H23N. The second kappa shape index (κ2) is 6.76. The van der Waals surface area contributed by atoms with Gasteiger partial charge in [0.25, 0.3) is 0 Å². The molecule has 0 aromatic rings. The van der Waals surface area contributed by atoms with E-state index in [0.717, 1.165) is 6.54 Å². The van der Waals surface area contributed by atoms with E-state index in [9.17, 15) is 0 Å². The summed E-state index contributed by atoms with van der Waals surface area (Å²) in [4.78, 5) is 0. The van der Waals surface area contributed by atoms with E-state index in [4.69, 9.17) is 0 Å². The zero-order chi connectivity index (χ0) is 10.3. The van der Waals surface area contributed by atoms with Gasteiger partial charge in [0.1, 0.15) is 0 Å². The van der Waals surface area contributed by atoms with Crippen LogP contribution in [0.5, 0.6) is 0 Å². The average molecular weight is 181 g/mol. The molecule has 0 aromatic carbocycles. The van der Waals surface area contributed by atoms with Gasteiger partial charge >= 0.3 is 0 Å². The fourth-order valence-corrected chi connectivity index (χ4v) is 1.35. The van der Waals surface area contributed by atoms with Crippen LogP contribution in [0.1, 0.15) is 41.0 Å². The van der Waals surface area contributed by atoms with E-state index >= 15 is 0 Å². The summed E-state index contributed by atoms with van der Waals surface area (Å²) in [6.45, 7) is 11.6. The van der Waals surface area contributed by atoms with Gasteiger partial charge in [0.15, 0.2) is 0 Å². The summed E-state index contributed by atoms with van der Waals surface area (Å²) >= 11 is 0. The average Bonchev–Trinajstić information content (AvgIpc) is 2.17. The molecule has 0 saturated heterocycles. The molecule has 0 amide bonds. The van der Waals surface area contributed by atoms with Crippen LogP contribution in [0.3, 0.4) is 0 Å². The van der Waals surface area contributed by atoms with Gasteiger partial charge in [-0.05, 0) is 37.8 Å². The lowest BCUT2D eigenvalue weighted by molar-refractivity contribution is 0.659. The van der Waals surface area contributed by atoms with Crippen molar-refractivity contribution in [3.8, 4) is 0 Å². The highest BCUT2D eigenvalue weighted by Crippen LogP contribution is 2.22. The minimum absolute atomic E-state index is 0.717. The van der Waals surface area contributed by atoms with E-state index in [0.29, 0.717) is 5.92 Å². The Morgan fingerprint density at radius 1 is 1.46 bits per heavy atom. The second-order valence-electron chi connectivity index (χ2n) is 3.17. The Morgan fingerprint density at radius 3 is 2.62 bits per heavy atom. The molecule has 0 saturated carbocycles.